The quantitative estimate of drug-likeness (QED) is 0.621. The van der Waals surface area contributed by atoms with Crippen molar-refractivity contribution in [1.29, 1.82) is 0 Å². The summed E-state index contributed by atoms with van der Waals surface area (Å²) in [7, 11) is 0. The fourth-order valence-corrected chi connectivity index (χ4v) is 2.48. The highest BCUT2D eigenvalue weighted by Gasteiger charge is 2.03. The first-order valence-corrected chi connectivity index (χ1v) is 6.33. The number of nitrogens with zero attached hydrogens (tertiary/aromatic N) is 2. The van der Waals surface area contributed by atoms with E-state index in [4.69, 9.17) is 23.2 Å². The summed E-state index contributed by atoms with van der Waals surface area (Å²) in [6, 6.07) is 7.46. The number of rotatable bonds is 3. The number of hydrogen-bond acceptors (Lipinski definition) is 3. The fourth-order valence-electron chi connectivity index (χ4n) is 1.13. The van der Waals surface area contributed by atoms with Gasteiger partial charge in [-0.3, -0.25) is 0 Å². The number of hydrogen-bond donors (Lipinski definition) is 0. The third-order valence-electron chi connectivity index (χ3n) is 1.91. The van der Waals surface area contributed by atoms with Gasteiger partial charge in [-0.25, -0.2) is 9.97 Å². The van der Waals surface area contributed by atoms with Gasteiger partial charge in [0.2, 0.25) is 0 Å². The summed E-state index contributed by atoms with van der Waals surface area (Å²) in [5, 5.41) is 2.02. The second-order valence-electron chi connectivity index (χ2n) is 3.06. The maximum absolute atomic E-state index is 6.04. The van der Waals surface area contributed by atoms with E-state index in [2.05, 4.69) is 9.97 Å². The van der Waals surface area contributed by atoms with E-state index in [9.17, 15) is 0 Å². The molecule has 0 bridgehead atoms. The highest BCUT2D eigenvalue weighted by Crippen LogP contribution is 2.26. The van der Waals surface area contributed by atoms with Crippen LogP contribution in [0.2, 0.25) is 10.2 Å². The normalized spacial score (nSPS) is 10.4. The van der Waals surface area contributed by atoms with Crippen LogP contribution < -0.4 is 0 Å². The van der Waals surface area contributed by atoms with Crippen molar-refractivity contribution in [3.05, 3.63) is 52.4 Å². The van der Waals surface area contributed by atoms with Crippen LogP contribution in [0.5, 0.6) is 0 Å². The summed E-state index contributed by atoms with van der Waals surface area (Å²) in [5.74, 6) is 0.736. The standard InChI is InChI=1S/C11H8Cl2N2S/c12-9-5-10(13)15-6-8(9)7-16-11-3-1-2-4-14-11/h1-6H,7H2. The fraction of sp³-hybridized carbons (Fsp3) is 0.0909. The zero-order chi connectivity index (χ0) is 11.4. The summed E-state index contributed by atoms with van der Waals surface area (Å²) < 4.78 is 0. The zero-order valence-corrected chi connectivity index (χ0v) is 10.6. The molecule has 0 aromatic carbocycles. The molecule has 0 unspecified atom stereocenters. The highest BCUT2D eigenvalue weighted by atomic mass is 35.5. The van der Waals surface area contributed by atoms with Gasteiger partial charge in [0.05, 0.1) is 5.03 Å². The Morgan fingerprint density at radius 1 is 1.19 bits per heavy atom. The summed E-state index contributed by atoms with van der Waals surface area (Å²) in [6.07, 6.45) is 3.46. The van der Waals surface area contributed by atoms with E-state index >= 15 is 0 Å². The van der Waals surface area contributed by atoms with E-state index in [0.29, 0.717) is 10.2 Å². The second-order valence-corrected chi connectivity index (χ2v) is 4.85. The van der Waals surface area contributed by atoms with E-state index in [1.54, 1.807) is 30.2 Å². The average Bonchev–Trinajstić information content (AvgIpc) is 2.29. The lowest BCUT2D eigenvalue weighted by Gasteiger charge is -2.03. The lowest BCUT2D eigenvalue weighted by molar-refractivity contribution is 1.13. The van der Waals surface area contributed by atoms with E-state index in [-0.39, 0.29) is 0 Å². The number of aromatic nitrogens is 2. The average molecular weight is 271 g/mol. The Morgan fingerprint density at radius 2 is 2.06 bits per heavy atom. The van der Waals surface area contributed by atoms with Crippen molar-refractivity contribution >= 4 is 35.0 Å². The molecule has 0 aliphatic heterocycles. The summed E-state index contributed by atoms with van der Waals surface area (Å²) in [4.78, 5) is 8.21. The molecule has 16 heavy (non-hydrogen) atoms. The summed E-state index contributed by atoms with van der Waals surface area (Å²) >= 11 is 13.4. The molecule has 2 heterocycles. The Bertz CT molecular complexity index is 477. The van der Waals surface area contributed by atoms with Crippen molar-refractivity contribution in [3.8, 4) is 0 Å². The van der Waals surface area contributed by atoms with Crippen LogP contribution in [0.1, 0.15) is 5.56 Å². The SMILES string of the molecule is Clc1cc(Cl)c(CSc2ccccn2)cn1. The Morgan fingerprint density at radius 3 is 2.75 bits per heavy atom. The van der Waals surface area contributed by atoms with Crippen LogP contribution in [-0.2, 0) is 5.75 Å². The number of pyridine rings is 2. The summed E-state index contributed by atoms with van der Waals surface area (Å²) in [6.45, 7) is 0. The predicted octanol–water partition coefficient (Wildman–Crippen LogP) is 4.08. The maximum atomic E-state index is 6.04. The lowest BCUT2D eigenvalue weighted by atomic mass is 10.3. The molecular weight excluding hydrogens is 263 g/mol. The molecule has 0 aliphatic rings. The van der Waals surface area contributed by atoms with Crippen molar-refractivity contribution in [2.45, 2.75) is 10.8 Å². The Hall–Kier alpha value is -0.770. The molecular formula is C11H8Cl2N2S. The molecule has 0 N–H and O–H groups in total. The van der Waals surface area contributed by atoms with Crippen LogP contribution in [0, 0.1) is 0 Å². The predicted molar refractivity (Wildman–Crippen MR) is 68.1 cm³/mol. The van der Waals surface area contributed by atoms with Crippen molar-refractivity contribution < 1.29 is 0 Å². The summed E-state index contributed by atoms with van der Waals surface area (Å²) in [5.41, 5.74) is 0.960. The molecule has 2 aromatic rings. The van der Waals surface area contributed by atoms with Gasteiger partial charge in [-0.2, -0.15) is 0 Å². The third kappa shape index (κ3) is 3.11. The minimum atomic E-state index is 0.414. The minimum absolute atomic E-state index is 0.414. The van der Waals surface area contributed by atoms with Gasteiger partial charge in [0, 0.05) is 23.2 Å². The van der Waals surface area contributed by atoms with E-state index in [1.165, 1.54) is 0 Å². The number of halogens is 2. The zero-order valence-electron chi connectivity index (χ0n) is 8.23. The molecule has 0 saturated carbocycles. The molecule has 82 valence electrons. The van der Waals surface area contributed by atoms with Gasteiger partial charge in [-0.15, -0.1) is 11.8 Å². The molecule has 0 atom stereocenters. The lowest BCUT2D eigenvalue weighted by Crippen LogP contribution is -1.86. The first kappa shape index (κ1) is 11.7. The molecule has 0 aliphatic carbocycles. The Labute approximate surface area is 108 Å². The van der Waals surface area contributed by atoms with Gasteiger partial charge in [0.1, 0.15) is 5.15 Å². The Balaban J connectivity index is 2.05. The molecule has 0 radical (unpaired) electrons. The second kappa shape index (κ2) is 5.53. The molecule has 2 aromatic heterocycles. The largest absolute Gasteiger partial charge is 0.250 e. The molecule has 0 spiro atoms. The molecule has 2 rings (SSSR count). The van der Waals surface area contributed by atoms with Crippen LogP contribution >= 0.6 is 35.0 Å². The molecule has 0 saturated heterocycles. The van der Waals surface area contributed by atoms with Gasteiger partial charge in [-0.1, -0.05) is 29.3 Å². The van der Waals surface area contributed by atoms with Crippen LogP contribution in [-0.4, -0.2) is 9.97 Å². The smallest absolute Gasteiger partial charge is 0.130 e. The maximum Gasteiger partial charge on any atom is 0.130 e. The minimum Gasteiger partial charge on any atom is -0.250 e. The van der Waals surface area contributed by atoms with Crippen molar-refractivity contribution in [2.75, 3.05) is 0 Å². The van der Waals surface area contributed by atoms with Gasteiger partial charge in [0.25, 0.3) is 0 Å². The first-order valence-electron chi connectivity index (χ1n) is 4.59. The van der Waals surface area contributed by atoms with Crippen molar-refractivity contribution in [2.24, 2.45) is 0 Å². The van der Waals surface area contributed by atoms with E-state index in [1.807, 2.05) is 18.2 Å². The van der Waals surface area contributed by atoms with E-state index < -0.39 is 0 Å². The Kier molecular flexibility index (Phi) is 4.04. The topological polar surface area (TPSA) is 25.8 Å². The van der Waals surface area contributed by atoms with Crippen LogP contribution in [0.4, 0.5) is 0 Å². The molecule has 2 nitrogen and oxygen atoms in total. The van der Waals surface area contributed by atoms with Crippen LogP contribution in [0.25, 0.3) is 0 Å². The molecule has 0 amide bonds. The monoisotopic (exact) mass is 270 g/mol. The van der Waals surface area contributed by atoms with Gasteiger partial charge >= 0.3 is 0 Å². The molecule has 5 heteroatoms. The molecule has 0 fully saturated rings. The van der Waals surface area contributed by atoms with Crippen molar-refractivity contribution in [3.63, 3.8) is 0 Å². The van der Waals surface area contributed by atoms with Gasteiger partial charge in [-0.05, 0) is 23.8 Å². The van der Waals surface area contributed by atoms with Crippen LogP contribution in [0.3, 0.4) is 0 Å². The number of thioether (sulfide) groups is 1. The third-order valence-corrected chi connectivity index (χ3v) is 3.46. The van der Waals surface area contributed by atoms with Gasteiger partial charge < -0.3 is 0 Å². The highest BCUT2D eigenvalue weighted by molar-refractivity contribution is 7.98. The van der Waals surface area contributed by atoms with Crippen LogP contribution in [0.15, 0.2) is 41.7 Å². The first-order chi connectivity index (χ1) is 7.75. The van der Waals surface area contributed by atoms with E-state index in [0.717, 1.165) is 16.3 Å². The van der Waals surface area contributed by atoms with Crippen molar-refractivity contribution in [1.82, 2.24) is 9.97 Å². The van der Waals surface area contributed by atoms with Gasteiger partial charge in [0.15, 0.2) is 0 Å².